The summed E-state index contributed by atoms with van der Waals surface area (Å²) in [4.78, 5) is 28.6. The van der Waals surface area contributed by atoms with E-state index in [9.17, 15) is 18.0 Å². The van der Waals surface area contributed by atoms with E-state index in [4.69, 9.17) is 5.73 Å². The van der Waals surface area contributed by atoms with E-state index in [1.807, 2.05) is 12.1 Å². The second-order valence-electron chi connectivity index (χ2n) is 9.99. The summed E-state index contributed by atoms with van der Waals surface area (Å²) in [6.07, 6.45) is 8.97. The number of sulfone groups is 1. The van der Waals surface area contributed by atoms with Crippen molar-refractivity contribution in [3.63, 3.8) is 0 Å². The number of carbonyl (C=O) groups is 2. The van der Waals surface area contributed by atoms with Gasteiger partial charge in [-0.2, -0.15) is 0 Å². The van der Waals surface area contributed by atoms with E-state index in [-0.39, 0.29) is 5.91 Å². The topological polar surface area (TPSA) is 101 Å². The zero-order valence-corrected chi connectivity index (χ0v) is 19.7. The predicted octanol–water partition coefficient (Wildman–Crippen LogP) is 2.17. The maximum absolute atomic E-state index is 12.7. The summed E-state index contributed by atoms with van der Waals surface area (Å²) in [6, 6.07) is 8.64. The first-order valence-electron chi connectivity index (χ1n) is 11.8. The molecule has 1 aromatic rings. The van der Waals surface area contributed by atoms with E-state index < -0.39 is 21.5 Å². The molecule has 2 bridgehead atoms. The minimum absolute atomic E-state index is 0.259. The van der Waals surface area contributed by atoms with Crippen LogP contribution in [0, 0.1) is 5.92 Å². The third-order valence-electron chi connectivity index (χ3n) is 7.60. The molecule has 2 saturated heterocycles. The summed E-state index contributed by atoms with van der Waals surface area (Å²) >= 11 is 0. The number of rotatable bonds is 9. The quantitative estimate of drug-likeness (QED) is 0.607. The number of hydrogen-bond acceptors (Lipinski definition) is 5. The Morgan fingerprint density at radius 2 is 1.81 bits per heavy atom. The number of benzene rings is 1. The van der Waals surface area contributed by atoms with Gasteiger partial charge in [-0.1, -0.05) is 18.6 Å². The highest BCUT2D eigenvalue weighted by Crippen LogP contribution is 2.43. The fourth-order valence-electron chi connectivity index (χ4n) is 5.71. The summed E-state index contributed by atoms with van der Waals surface area (Å²) in [5.41, 5.74) is 7.21. The Labute approximate surface area is 191 Å². The minimum Gasteiger partial charge on any atom is -0.366 e. The van der Waals surface area contributed by atoms with Crippen LogP contribution in [0.15, 0.2) is 24.3 Å². The minimum atomic E-state index is -3.33. The average Bonchev–Trinajstić information content (AvgIpc) is 2.92. The van der Waals surface area contributed by atoms with Crippen molar-refractivity contribution in [2.45, 2.75) is 62.9 Å². The molecule has 7 nitrogen and oxygen atoms in total. The molecule has 0 aromatic heterocycles. The van der Waals surface area contributed by atoms with E-state index in [1.165, 1.54) is 12.0 Å². The van der Waals surface area contributed by atoms with Crippen molar-refractivity contribution in [3.8, 4) is 0 Å². The summed E-state index contributed by atoms with van der Waals surface area (Å²) in [5, 5.41) is 0. The van der Waals surface area contributed by atoms with Crippen LogP contribution in [-0.4, -0.2) is 73.8 Å². The lowest BCUT2D eigenvalue weighted by atomic mass is 9.84. The van der Waals surface area contributed by atoms with Crippen molar-refractivity contribution in [1.29, 1.82) is 0 Å². The van der Waals surface area contributed by atoms with Crippen LogP contribution in [0.4, 0.5) is 0 Å². The van der Waals surface area contributed by atoms with Crippen molar-refractivity contribution < 1.29 is 18.0 Å². The maximum atomic E-state index is 12.7. The number of hydrogen-bond donors (Lipinski definition) is 1. The van der Waals surface area contributed by atoms with Gasteiger partial charge in [-0.05, 0) is 68.1 Å². The van der Waals surface area contributed by atoms with Crippen LogP contribution in [0.3, 0.4) is 0 Å². The van der Waals surface area contributed by atoms with Crippen molar-refractivity contribution in [2.24, 2.45) is 11.7 Å². The predicted molar refractivity (Wildman–Crippen MR) is 124 cm³/mol. The van der Waals surface area contributed by atoms with Gasteiger partial charge in [0.25, 0.3) is 0 Å². The van der Waals surface area contributed by atoms with Gasteiger partial charge in [-0.25, -0.2) is 8.42 Å². The Morgan fingerprint density at radius 1 is 1.12 bits per heavy atom. The lowest BCUT2D eigenvalue weighted by molar-refractivity contribution is -0.129. The van der Waals surface area contributed by atoms with Crippen molar-refractivity contribution in [1.82, 2.24) is 9.80 Å². The zero-order chi connectivity index (χ0) is 22.9. The van der Waals surface area contributed by atoms with E-state index in [0.717, 1.165) is 51.3 Å². The van der Waals surface area contributed by atoms with Crippen LogP contribution in [0.25, 0.3) is 0 Å². The van der Waals surface area contributed by atoms with E-state index >= 15 is 0 Å². The summed E-state index contributed by atoms with van der Waals surface area (Å²) in [6.45, 7) is 2.07. The molecule has 2 aliphatic heterocycles. The van der Waals surface area contributed by atoms with Gasteiger partial charge in [0, 0.05) is 43.5 Å². The molecule has 1 aromatic carbocycles. The highest BCUT2D eigenvalue weighted by Gasteiger charge is 2.41. The van der Waals surface area contributed by atoms with Crippen LogP contribution >= 0.6 is 0 Å². The van der Waals surface area contributed by atoms with Crippen molar-refractivity contribution in [2.75, 3.05) is 31.6 Å². The molecule has 4 rings (SSSR count). The third-order valence-corrected chi connectivity index (χ3v) is 8.37. The van der Waals surface area contributed by atoms with Crippen molar-refractivity contribution >= 4 is 21.7 Å². The Balaban J connectivity index is 1.38. The molecule has 2 atom stereocenters. The number of nitrogens with zero attached hydrogens (tertiary/aromatic N) is 2. The second-order valence-corrected chi connectivity index (χ2v) is 12.1. The average molecular weight is 462 g/mol. The van der Waals surface area contributed by atoms with Crippen LogP contribution in [0.5, 0.6) is 0 Å². The number of carbonyl (C=O) groups excluding carboxylic acids is 2. The lowest BCUT2D eigenvalue weighted by Crippen LogP contribution is -2.48. The zero-order valence-electron chi connectivity index (χ0n) is 18.9. The Bertz CT molecular complexity index is 946. The molecular formula is C24H35N3O4S. The van der Waals surface area contributed by atoms with Gasteiger partial charge < -0.3 is 10.6 Å². The fraction of sp³-hybridized carbons (Fsp3) is 0.667. The SMILES string of the molecule is CS(=O)(=O)CC(=O)N(CCN1C2CCC1CC(c1cccc(C(N)=O)c1)C2)CC1CCC1. The molecule has 2 unspecified atom stereocenters. The lowest BCUT2D eigenvalue weighted by Gasteiger charge is -2.41. The van der Waals surface area contributed by atoms with E-state index in [2.05, 4.69) is 11.0 Å². The molecule has 2 amide bonds. The Hall–Kier alpha value is -1.93. The van der Waals surface area contributed by atoms with Crippen LogP contribution in [-0.2, 0) is 14.6 Å². The molecule has 8 heteroatoms. The normalized spacial score (nSPS) is 26.0. The number of primary amides is 1. The summed E-state index contributed by atoms with van der Waals surface area (Å²) in [7, 11) is -3.33. The van der Waals surface area contributed by atoms with E-state index in [1.54, 1.807) is 11.0 Å². The standard InChI is InChI=1S/C24H35N3O4S/c1-32(30,31)16-23(28)26(15-17-4-2-5-17)10-11-27-21-8-9-22(27)14-20(13-21)18-6-3-7-19(12-18)24(25)29/h3,6-7,12,17,20-22H,2,4-5,8-11,13-16H2,1H3,(H2,25,29). The molecule has 1 aliphatic carbocycles. The Kier molecular flexibility index (Phi) is 6.91. The first kappa shape index (κ1) is 23.2. The van der Waals surface area contributed by atoms with Crippen LogP contribution in [0.2, 0.25) is 0 Å². The van der Waals surface area contributed by atoms with Gasteiger partial charge in [0.2, 0.25) is 11.8 Å². The second kappa shape index (κ2) is 9.51. The van der Waals surface area contributed by atoms with E-state index in [0.29, 0.717) is 42.6 Å². The van der Waals surface area contributed by atoms with Gasteiger partial charge in [0.05, 0.1) is 0 Å². The van der Waals surface area contributed by atoms with Crippen LogP contribution < -0.4 is 5.73 Å². The largest absolute Gasteiger partial charge is 0.366 e. The molecular weight excluding hydrogens is 426 g/mol. The van der Waals surface area contributed by atoms with Gasteiger partial charge in [-0.15, -0.1) is 0 Å². The number of amides is 2. The van der Waals surface area contributed by atoms with Gasteiger partial charge in [0.15, 0.2) is 9.84 Å². The summed E-state index contributed by atoms with van der Waals surface area (Å²) < 4.78 is 23.4. The molecule has 0 spiro atoms. The van der Waals surface area contributed by atoms with Gasteiger partial charge in [0.1, 0.15) is 5.75 Å². The first-order valence-corrected chi connectivity index (χ1v) is 13.9. The third kappa shape index (κ3) is 5.52. The van der Waals surface area contributed by atoms with Gasteiger partial charge >= 0.3 is 0 Å². The molecule has 2 N–H and O–H groups in total. The summed E-state index contributed by atoms with van der Waals surface area (Å²) in [5.74, 6) is -0.118. The number of piperidine rings is 1. The highest BCUT2D eigenvalue weighted by atomic mass is 32.2. The highest BCUT2D eigenvalue weighted by molar-refractivity contribution is 7.91. The molecule has 32 heavy (non-hydrogen) atoms. The van der Waals surface area contributed by atoms with Crippen LogP contribution in [0.1, 0.15) is 66.8 Å². The van der Waals surface area contributed by atoms with Crippen molar-refractivity contribution in [3.05, 3.63) is 35.4 Å². The molecule has 2 heterocycles. The maximum Gasteiger partial charge on any atom is 0.248 e. The Morgan fingerprint density at radius 3 is 2.38 bits per heavy atom. The smallest absolute Gasteiger partial charge is 0.248 e. The molecule has 0 radical (unpaired) electrons. The first-order chi connectivity index (χ1) is 15.2. The number of fused-ring (bicyclic) bond motifs is 2. The molecule has 3 aliphatic rings. The number of nitrogens with two attached hydrogens (primary N) is 1. The molecule has 176 valence electrons. The monoisotopic (exact) mass is 461 g/mol. The van der Waals surface area contributed by atoms with Gasteiger partial charge in [-0.3, -0.25) is 14.5 Å². The fourth-order valence-corrected chi connectivity index (χ4v) is 6.35. The molecule has 1 saturated carbocycles. The molecule has 3 fully saturated rings.